The van der Waals surface area contributed by atoms with E-state index in [1.165, 1.54) is 0 Å². The average Bonchev–Trinajstić information content (AvgIpc) is 2.61. The van der Waals surface area contributed by atoms with Crippen molar-refractivity contribution in [1.29, 1.82) is 0 Å². The van der Waals surface area contributed by atoms with Gasteiger partial charge >= 0.3 is 0 Å². The van der Waals surface area contributed by atoms with Crippen molar-refractivity contribution in [3.63, 3.8) is 0 Å². The van der Waals surface area contributed by atoms with Gasteiger partial charge in [0.15, 0.2) is 5.82 Å². The first-order valence-electron chi connectivity index (χ1n) is 4.50. The fourth-order valence-electron chi connectivity index (χ4n) is 1.27. The van der Waals surface area contributed by atoms with E-state index in [0.29, 0.717) is 5.82 Å². The first-order chi connectivity index (χ1) is 6.81. The quantitative estimate of drug-likeness (QED) is 0.756. The van der Waals surface area contributed by atoms with Crippen LogP contribution in [0.25, 0.3) is 11.5 Å². The van der Waals surface area contributed by atoms with E-state index < -0.39 is 0 Å². The average molecular weight is 189 g/mol. The van der Waals surface area contributed by atoms with Crippen molar-refractivity contribution in [1.82, 2.24) is 15.0 Å². The van der Waals surface area contributed by atoms with Gasteiger partial charge in [0, 0.05) is 6.20 Å². The maximum atomic E-state index is 9.42. The molecule has 2 aromatic heterocycles. The molecule has 2 heterocycles. The first-order valence-corrected chi connectivity index (χ1v) is 4.50. The number of aryl methyl sites for hydroxylation is 1. The topological polar surface area (TPSA) is 61.8 Å². The number of hydrogen-bond donors (Lipinski definition) is 2. The number of H-pyrrole nitrogens is 1. The monoisotopic (exact) mass is 189 g/mol. The molecule has 2 aromatic rings. The lowest BCUT2D eigenvalue weighted by molar-refractivity contribution is 0.450. The lowest BCUT2D eigenvalue weighted by Gasteiger charge is -1.92. The van der Waals surface area contributed by atoms with Gasteiger partial charge in [0.25, 0.3) is 0 Å². The van der Waals surface area contributed by atoms with Crippen molar-refractivity contribution in [2.75, 3.05) is 0 Å². The number of aromatic nitrogens is 3. The van der Waals surface area contributed by atoms with Gasteiger partial charge in [0.2, 0.25) is 5.88 Å². The molecule has 0 amide bonds. The fraction of sp³-hybridized carbons (Fsp3) is 0.200. The van der Waals surface area contributed by atoms with Crippen LogP contribution < -0.4 is 0 Å². The molecule has 0 aliphatic carbocycles. The molecule has 4 heteroatoms. The normalized spacial score (nSPS) is 10.4. The summed E-state index contributed by atoms with van der Waals surface area (Å²) in [6.07, 6.45) is 2.42. The van der Waals surface area contributed by atoms with Gasteiger partial charge in [0.05, 0.1) is 5.69 Å². The van der Waals surface area contributed by atoms with Crippen LogP contribution in [0.5, 0.6) is 5.88 Å². The maximum Gasteiger partial charge on any atom is 0.232 e. The van der Waals surface area contributed by atoms with Crippen LogP contribution in [0.2, 0.25) is 0 Å². The zero-order chi connectivity index (χ0) is 9.97. The van der Waals surface area contributed by atoms with Crippen molar-refractivity contribution in [2.24, 2.45) is 0 Å². The maximum absolute atomic E-state index is 9.42. The summed E-state index contributed by atoms with van der Waals surface area (Å²) in [5, 5.41) is 9.42. The molecule has 0 atom stereocenters. The predicted molar refractivity (Wildman–Crippen MR) is 52.9 cm³/mol. The van der Waals surface area contributed by atoms with E-state index in [1.54, 1.807) is 6.20 Å². The van der Waals surface area contributed by atoms with E-state index in [4.69, 9.17) is 0 Å². The van der Waals surface area contributed by atoms with Crippen LogP contribution >= 0.6 is 0 Å². The Labute approximate surface area is 81.7 Å². The van der Waals surface area contributed by atoms with Crippen molar-refractivity contribution < 1.29 is 5.11 Å². The Morgan fingerprint density at radius 2 is 2.29 bits per heavy atom. The molecule has 72 valence electrons. The van der Waals surface area contributed by atoms with Crippen LogP contribution in [0.1, 0.15) is 12.6 Å². The van der Waals surface area contributed by atoms with E-state index in [0.717, 1.165) is 17.8 Å². The lowest BCUT2D eigenvalue weighted by Crippen LogP contribution is -1.84. The molecule has 2 N–H and O–H groups in total. The summed E-state index contributed by atoms with van der Waals surface area (Å²) in [7, 11) is 0. The number of imidazole rings is 1. The van der Waals surface area contributed by atoms with Crippen LogP contribution in [-0.2, 0) is 6.42 Å². The summed E-state index contributed by atoms with van der Waals surface area (Å²) >= 11 is 0. The smallest absolute Gasteiger partial charge is 0.232 e. The third-order valence-electron chi connectivity index (χ3n) is 2.02. The standard InChI is InChI=1S/C10H11N3O/c1-2-7-10(14)13-9(12-7)8-5-3-4-6-11-8/h3-6,14H,2H2,1H3,(H,12,13). The Hall–Kier alpha value is -1.84. The number of aromatic amines is 1. The minimum Gasteiger partial charge on any atom is -0.492 e. The second-order valence-corrected chi connectivity index (χ2v) is 2.96. The van der Waals surface area contributed by atoms with Gasteiger partial charge in [-0.2, -0.15) is 4.98 Å². The van der Waals surface area contributed by atoms with Gasteiger partial charge in [-0.25, -0.2) is 0 Å². The predicted octanol–water partition coefficient (Wildman–Crippen LogP) is 1.74. The Bertz CT molecular complexity index is 422. The van der Waals surface area contributed by atoms with Crippen molar-refractivity contribution in [2.45, 2.75) is 13.3 Å². The highest BCUT2D eigenvalue weighted by atomic mass is 16.3. The molecule has 0 spiro atoms. The summed E-state index contributed by atoms with van der Waals surface area (Å²) in [5.74, 6) is 0.674. The highest BCUT2D eigenvalue weighted by Gasteiger charge is 2.08. The molecule has 14 heavy (non-hydrogen) atoms. The van der Waals surface area contributed by atoms with Crippen molar-refractivity contribution >= 4 is 0 Å². The van der Waals surface area contributed by atoms with Gasteiger partial charge in [0.1, 0.15) is 5.69 Å². The Morgan fingerprint density at radius 3 is 2.86 bits per heavy atom. The van der Waals surface area contributed by atoms with Crippen LogP contribution in [0.15, 0.2) is 24.4 Å². The highest BCUT2D eigenvalue weighted by Crippen LogP contribution is 2.20. The van der Waals surface area contributed by atoms with Crippen LogP contribution in [0.3, 0.4) is 0 Å². The first kappa shape index (κ1) is 8.74. The van der Waals surface area contributed by atoms with Gasteiger partial charge in [-0.1, -0.05) is 13.0 Å². The highest BCUT2D eigenvalue weighted by molar-refractivity contribution is 5.50. The zero-order valence-corrected chi connectivity index (χ0v) is 7.86. The molecular formula is C10H11N3O. The lowest BCUT2D eigenvalue weighted by atomic mass is 10.3. The molecule has 0 bridgehead atoms. The van der Waals surface area contributed by atoms with Gasteiger partial charge in [-0.05, 0) is 18.6 Å². The second kappa shape index (κ2) is 3.49. The molecule has 0 aliphatic rings. The summed E-state index contributed by atoms with van der Waals surface area (Å²) in [5.41, 5.74) is 1.48. The van der Waals surface area contributed by atoms with Crippen LogP contribution in [0, 0.1) is 0 Å². The summed E-state index contributed by atoms with van der Waals surface area (Å²) in [6.45, 7) is 1.95. The third-order valence-corrected chi connectivity index (χ3v) is 2.02. The molecule has 0 fully saturated rings. The third kappa shape index (κ3) is 1.46. The zero-order valence-electron chi connectivity index (χ0n) is 7.86. The number of hydrogen-bond acceptors (Lipinski definition) is 3. The van der Waals surface area contributed by atoms with Gasteiger partial charge in [-0.15, -0.1) is 0 Å². The molecule has 2 rings (SSSR count). The number of aromatic hydroxyl groups is 1. The Morgan fingerprint density at radius 1 is 1.43 bits per heavy atom. The molecule has 0 unspecified atom stereocenters. The molecule has 0 aliphatic heterocycles. The minimum absolute atomic E-state index is 0.0631. The Balaban J connectivity index is 2.43. The largest absolute Gasteiger partial charge is 0.492 e. The van der Waals surface area contributed by atoms with Crippen LogP contribution in [-0.4, -0.2) is 20.1 Å². The van der Waals surface area contributed by atoms with Crippen molar-refractivity contribution in [3.05, 3.63) is 30.1 Å². The molecule has 0 radical (unpaired) electrons. The molecule has 0 saturated carbocycles. The van der Waals surface area contributed by atoms with E-state index in [9.17, 15) is 5.11 Å². The van der Waals surface area contributed by atoms with Crippen LogP contribution in [0.4, 0.5) is 0 Å². The summed E-state index contributed by atoms with van der Waals surface area (Å²) in [4.78, 5) is 11.1. The summed E-state index contributed by atoms with van der Waals surface area (Å²) < 4.78 is 0. The number of pyridine rings is 1. The Kier molecular flexibility index (Phi) is 2.18. The molecule has 0 saturated heterocycles. The fourth-order valence-corrected chi connectivity index (χ4v) is 1.27. The van der Waals surface area contributed by atoms with Gasteiger partial charge < -0.3 is 10.1 Å². The second-order valence-electron chi connectivity index (χ2n) is 2.96. The van der Waals surface area contributed by atoms with Gasteiger partial charge in [-0.3, -0.25) is 4.98 Å². The van der Waals surface area contributed by atoms with E-state index in [-0.39, 0.29) is 5.88 Å². The molecule has 0 aromatic carbocycles. The number of rotatable bonds is 2. The van der Waals surface area contributed by atoms with Crippen molar-refractivity contribution in [3.8, 4) is 17.4 Å². The van der Waals surface area contributed by atoms with E-state index in [1.807, 2.05) is 25.1 Å². The number of nitrogens with one attached hydrogen (secondary N) is 1. The number of nitrogens with zero attached hydrogens (tertiary/aromatic N) is 2. The van der Waals surface area contributed by atoms with E-state index in [2.05, 4.69) is 15.0 Å². The molecule has 4 nitrogen and oxygen atoms in total. The molecular weight excluding hydrogens is 178 g/mol. The van der Waals surface area contributed by atoms with E-state index >= 15 is 0 Å². The minimum atomic E-state index is 0.0631. The SMILES string of the molecule is CCc1[nH]c(-c2ccccn2)nc1O. The summed E-state index contributed by atoms with van der Waals surface area (Å²) in [6, 6.07) is 5.57.